The van der Waals surface area contributed by atoms with Gasteiger partial charge in [0.15, 0.2) is 5.82 Å². The lowest BCUT2D eigenvalue weighted by Gasteiger charge is -2.26. The summed E-state index contributed by atoms with van der Waals surface area (Å²) in [6.45, 7) is 2.60. The Bertz CT molecular complexity index is 1090. The molecule has 4 rings (SSSR count). The van der Waals surface area contributed by atoms with Crippen molar-refractivity contribution in [3.05, 3.63) is 70.0 Å². The number of aromatic nitrogens is 4. The lowest BCUT2D eigenvalue weighted by Crippen LogP contribution is -2.32. The van der Waals surface area contributed by atoms with Gasteiger partial charge in [-0.3, -0.25) is 9.48 Å². The first-order valence-electron chi connectivity index (χ1n) is 9.16. The van der Waals surface area contributed by atoms with Gasteiger partial charge in [0.2, 0.25) is 0 Å². The first kappa shape index (κ1) is 20.3. The number of benzene rings is 1. The molecule has 0 saturated heterocycles. The molecule has 0 radical (unpaired) electrons. The number of hydrogen-bond donors (Lipinski definition) is 2. The third-order valence-corrected chi connectivity index (χ3v) is 4.88. The summed E-state index contributed by atoms with van der Waals surface area (Å²) in [5, 5.41) is 7.28. The van der Waals surface area contributed by atoms with Crippen LogP contribution < -0.4 is 15.8 Å². The Morgan fingerprint density at radius 3 is 2.67 bits per heavy atom. The highest BCUT2D eigenvalue weighted by molar-refractivity contribution is 6.20. The van der Waals surface area contributed by atoms with Gasteiger partial charge in [-0.2, -0.15) is 18.3 Å². The molecule has 0 aliphatic carbocycles. The number of H-pyrrole nitrogens is 1. The number of hydrogen-bond acceptors (Lipinski definition) is 5. The number of rotatable bonds is 5. The highest BCUT2D eigenvalue weighted by atomic mass is 35.5. The molecule has 0 saturated carbocycles. The second-order valence-corrected chi connectivity index (χ2v) is 7.82. The molecule has 2 atom stereocenters. The number of aromatic amines is 1. The first-order valence-corrected chi connectivity index (χ1v) is 9.59. The van der Waals surface area contributed by atoms with Crippen molar-refractivity contribution in [3.63, 3.8) is 0 Å². The van der Waals surface area contributed by atoms with Crippen molar-refractivity contribution >= 4 is 23.1 Å². The van der Waals surface area contributed by atoms with Gasteiger partial charge < -0.3 is 15.2 Å². The van der Waals surface area contributed by atoms with E-state index in [1.807, 2.05) is 11.8 Å². The van der Waals surface area contributed by atoms with Gasteiger partial charge >= 0.3 is 6.18 Å². The fourth-order valence-electron chi connectivity index (χ4n) is 3.39. The zero-order chi connectivity index (χ0) is 21.5. The largest absolute Gasteiger partial charge is 0.416 e. The van der Waals surface area contributed by atoms with Crippen molar-refractivity contribution in [3.8, 4) is 0 Å². The van der Waals surface area contributed by atoms with Crippen LogP contribution in [0.4, 0.5) is 24.7 Å². The van der Waals surface area contributed by atoms with Crippen molar-refractivity contribution in [1.29, 1.82) is 0 Å². The molecule has 1 aromatic carbocycles. The summed E-state index contributed by atoms with van der Waals surface area (Å²) in [7, 11) is 0. The highest BCUT2D eigenvalue weighted by Gasteiger charge is 2.34. The predicted octanol–water partition coefficient (Wildman–Crippen LogP) is 3.59. The molecule has 0 fully saturated rings. The Kier molecular flexibility index (Phi) is 5.19. The van der Waals surface area contributed by atoms with E-state index in [1.165, 1.54) is 18.5 Å². The van der Waals surface area contributed by atoms with Crippen molar-refractivity contribution in [1.82, 2.24) is 19.7 Å². The summed E-state index contributed by atoms with van der Waals surface area (Å²) >= 11 is 6.19. The molecule has 2 unspecified atom stereocenters. The van der Waals surface area contributed by atoms with Gasteiger partial charge in [-0.1, -0.05) is 12.1 Å². The number of alkyl halides is 4. The molecule has 3 heterocycles. The number of anilines is 2. The van der Waals surface area contributed by atoms with Crippen LogP contribution in [-0.4, -0.2) is 31.7 Å². The van der Waals surface area contributed by atoms with Crippen LogP contribution >= 0.6 is 11.6 Å². The van der Waals surface area contributed by atoms with E-state index in [0.717, 1.165) is 17.7 Å². The Morgan fingerprint density at radius 2 is 2.00 bits per heavy atom. The van der Waals surface area contributed by atoms with E-state index >= 15 is 0 Å². The van der Waals surface area contributed by atoms with Gasteiger partial charge in [-0.15, -0.1) is 11.6 Å². The second kappa shape index (κ2) is 7.67. The quantitative estimate of drug-likeness (QED) is 0.595. The second-order valence-electron chi connectivity index (χ2n) is 7.08. The standard InChI is InChI=1S/C19H18ClF3N6O/c1-11(20)7-29-16(27-15-17(29)24-10-25-18(15)30)13-6-26-28(9-13)8-12-2-4-14(5-3-12)19(21,22)23/h2-6,9-11,16,27H,7-8H2,1H3,(H,24,25,30). The van der Waals surface area contributed by atoms with Gasteiger partial charge in [0.1, 0.15) is 11.9 Å². The molecule has 7 nitrogen and oxygen atoms in total. The van der Waals surface area contributed by atoms with Gasteiger partial charge in [-0.05, 0) is 24.6 Å². The predicted molar refractivity (Wildman–Crippen MR) is 107 cm³/mol. The normalized spacial score (nSPS) is 17.0. The minimum atomic E-state index is -4.37. The zero-order valence-electron chi connectivity index (χ0n) is 15.8. The lowest BCUT2D eigenvalue weighted by atomic mass is 10.1. The molecule has 2 aromatic heterocycles. The molecular formula is C19H18ClF3N6O. The van der Waals surface area contributed by atoms with Crippen LogP contribution in [0.15, 0.2) is 47.8 Å². The van der Waals surface area contributed by atoms with Crippen molar-refractivity contribution in [2.75, 3.05) is 16.8 Å². The van der Waals surface area contributed by atoms with E-state index in [-0.39, 0.29) is 10.9 Å². The Morgan fingerprint density at radius 1 is 1.27 bits per heavy atom. The molecule has 3 aromatic rings. The van der Waals surface area contributed by atoms with Gasteiger partial charge in [0.25, 0.3) is 5.56 Å². The zero-order valence-corrected chi connectivity index (χ0v) is 16.6. The number of nitrogens with zero attached hydrogens (tertiary/aromatic N) is 4. The third kappa shape index (κ3) is 4.00. The number of fused-ring (bicyclic) bond motifs is 1. The molecule has 1 aliphatic heterocycles. The molecular weight excluding hydrogens is 421 g/mol. The van der Waals surface area contributed by atoms with Crippen LogP contribution in [0.2, 0.25) is 0 Å². The van der Waals surface area contributed by atoms with Gasteiger partial charge in [0.05, 0.1) is 24.6 Å². The molecule has 11 heteroatoms. The van der Waals surface area contributed by atoms with Crippen molar-refractivity contribution < 1.29 is 13.2 Å². The fourth-order valence-corrected chi connectivity index (χ4v) is 3.54. The van der Waals surface area contributed by atoms with E-state index in [9.17, 15) is 18.0 Å². The minimum Gasteiger partial charge on any atom is -0.354 e. The van der Waals surface area contributed by atoms with Crippen LogP contribution in [0.25, 0.3) is 0 Å². The topological polar surface area (TPSA) is 78.8 Å². The molecule has 30 heavy (non-hydrogen) atoms. The summed E-state index contributed by atoms with van der Waals surface area (Å²) in [5.74, 6) is 0.506. The van der Waals surface area contributed by atoms with E-state index in [0.29, 0.717) is 30.2 Å². The smallest absolute Gasteiger partial charge is 0.354 e. The average Bonchev–Trinajstić information content (AvgIpc) is 3.27. The van der Waals surface area contributed by atoms with E-state index < -0.39 is 17.9 Å². The average molecular weight is 439 g/mol. The Hall–Kier alpha value is -3.01. The van der Waals surface area contributed by atoms with Crippen LogP contribution in [0, 0.1) is 0 Å². The van der Waals surface area contributed by atoms with Gasteiger partial charge in [0, 0.05) is 23.7 Å². The monoisotopic (exact) mass is 438 g/mol. The minimum absolute atomic E-state index is 0.191. The fraction of sp³-hybridized carbons (Fsp3) is 0.316. The molecule has 1 aliphatic rings. The summed E-state index contributed by atoms with van der Waals surface area (Å²) in [5.41, 5.74) is 0.840. The lowest BCUT2D eigenvalue weighted by molar-refractivity contribution is -0.137. The van der Waals surface area contributed by atoms with E-state index in [2.05, 4.69) is 20.4 Å². The summed E-state index contributed by atoms with van der Waals surface area (Å²) < 4.78 is 39.8. The van der Waals surface area contributed by atoms with E-state index in [1.54, 1.807) is 17.1 Å². The van der Waals surface area contributed by atoms with Crippen molar-refractivity contribution in [2.24, 2.45) is 0 Å². The Balaban J connectivity index is 1.56. The number of halogens is 4. The van der Waals surface area contributed by atoms with Crippen LogP contribution in [0.5, 0.6) is 0 Å². The first-order chi connectivity index (χ1) is 14.2. The summed E-state index contributed by atoms with van der Waals surface area (Å²) in [6, 6.07) is 4.96. The molecule has 158 valence electrons. The van der Waals surface area contributed by atoms with Crippen molar-refractivity contribution in [2.45, 2.75) is 31.2 Å². The van der Waals surface area contributed by atoms with Crippen LogP contribution in [-0.2, 0) is 12.7 Å². The maximum Gasteiger partial charge on any atom is 0.416 e. The summed E-state index contributed by atoms with van der Waals surface area (Å²) in [6.07, 6.45) is 0.00821. The molecule has 0 bridgehead atoms. The van der Waals surface area contributed by atoms with Crippen LogP contribution in [0.3, 0.4) is 0 Å². The maximum absolute atomic E-state index is 12.7. The molecule has 2 N–H and O–H groups in total. The van der Waals surface area contributed by atoms with E-state index in [4.69, 9.17) is 11.6 Å². The SMILES string of the molecule is CC(Cl)CN1c2nc[nH]c(=O)c2NC1c1cnn(Cc2ccc(C(F)(F)F)cc2)c1. The Labute approximate surface area is 174 Å². The third-order valence-electron chi connectivity index (χ3n) is 4.74. The summed E-state index contributed by atoms with van der Waals surface area (Å²) in [4.78, 5) is 20.8. The molecule has 0 spiro atoms. The highest BCUT2D eigenvalue weighted by Crippen LogP contribution is 2.37. The molecule has 0 amide bonds. The van der Waals surface area contributed by atoms with Gasteiger partial charge in [-0.25, -0.2) is 4.98 Å². The van der Waals surface area contributed by atoms with Crippen LogP contribution in [0.1, 0.15) is 29.8 Å². The maximum atomic E-state index is 12.7. The number of nitrogens with one attached hydrogen (secondary N) is 2.